The smallest absolute Gasteiger partial charge is 0.312 e. The van der Waals surface area contributed by atoms with Gasteiger partial charge in [0.15, 0.2) is 0 Å². The molecule has 0 aromatic rings. The summed E-state index contributed by atoms with van der Waals surface area (Å²) < 4.78 is 5.34. The van der Waals surface area contributed by atoms with Gasteiger partial charge in [-0.25, -0.2) is 0 Å². The first-order valence-electron chi connectivity index (χ1n) is 12.4. The highest BCUT2D eigenvalue weighted by Crippen LogP contribution is 2.71. The number of rotatable bonds is 1. The second-order valence-electron chi connectivity index (χ2n) is 12.0. The van der Waals surface area contributed by atoms with Crippen LogP contribution in [0.3, 0.4) is 0 Å². The Labute approximate surface area is 176 Å². The zero-order valence-corrected chi connectivity index (χ0v) is 19.0. The zero-order chi connectivity index (χ0) is 20.6. The predicted octanol–water partition coefficient (Wildman–Crippen LogP) is 5.80. The predicted molar refractivity (Wildman–Crippen MR) is 113 cm³/mol. The SMILES string of the molecule is COC(=O)[C@]12CCCC1C1CCC3[C@@](C)(CCC4[C@@H](C)C(=O)CC[C@@]43C)C1CC2. The molecule has 0 bridgehead atoms. The molecule has 0 N–H and O–H groups in total. The van der Waals surface area contributed by atoms with Crippen LogP contribution in [0.2, 0.25) is 0 Å². The Bertz CT molecular complexity index is 715. The van der Waals surface area contributed by atoms with Crippen LogP contribution in [-0.4, -0.2) is 18.9 Å². The number of ketones is 1. The summed E-state index contributed by atoms with van der Waals surface area (Å²) in [6, 6.07) is 0. The van der Waals surface area contributed by atoms with E-state index in [1.165, 1.54) is 44.9 Å². The Morgan fingerprint density at radius 3 is 2.38 bits per heavy atom. The molecule has 9 atom stereocenters. The molecular weight excluding hydrogens is 360 g/mol. The van der Waals surface area contributed by atoms with Crippen LogP contribution >= 0.6 is 0 Å². The summed E-state index contributed by atoms with van der Waals surface area (Å²) >= 11 is 0. The monoisotopic (exact) mass is 400 g/mol. The van der Waals surface area contributed by atoms with Crippen molar-refractivity contribution in [3.8, 4) is 0 Å². The van der Waals surface area contributed by atoms with Gasteiger partial charge in [-0.2, -0.15) is 0 Å². The van der Waals surface area contributed by atoms with E-state index in [0.29, 0.717) is 34.4 Å². The molecule has 0 saturated heterocycles. The maximum Gasteiger partial charge on any atom is 0.312 e. The van der Waals surface area contributed by atoms with Crippen molar-refractivity contribution in [2.24, 2.45) is 51.8 Å². The molecule has 0 heterocycles. The molecule has 3 nitrogen and oxygen atoms in total. The number of hydrogen-bond donors (Lipinski definition) is 0. The summed E-state index contributed by atoms with van der Waals surface area (Å²) in [6.07, 6.45) is 12.7. The normalized spacial score (nSPS) is 54.0. The molecule has 0 amide bonds. The first-order valence-corrected chi connectivity index (χ1v) is 12.4. The number of carbonyl (C=O) groups excluding carboxylic acids is 2. The maximum absolute atomic E-state index is 12.9. The van der Waals surface area contributed by atoms with Gasteiger partial charge < -0.3 is 4.74 Å². The minimum Gasteiger partial charge on any atom is -0.469 e. The van der Waals surface area contributed by atoms with Crippen molar-refractivity contribution in [2.75, 3.05) is 7.11 Å². The molecular formula is C26H40O3. The average Bonchev–Trinajstić information content (AvgIpc) is 3.16. The summed E-state index contributed by atoms with van der Waals surface area (Å²) in [5.74, 6) is 4.19. The van der Waals surface area contributed by atoms with E-state index in [2.05, 4.69) is 20.8 Å². The van der Waals surface area contributed by atoms with Gasteiger partial charge in [0.2, 0.25) is 0 Å². The van der Waals surface area contributed by atoms with Crippen LogP contribution in [0, 0.1) is 51.8 Å². The van der Waals surface area contributed by atoms with Crippen LogP contribution in [-0.2, 0) is 14.3 Å². The summed E-state index contributed by atoms with van der Waals surface area (Å²) in [4.78, 5) is 25.3. The Kier molecular flexibility index (Phi) is 4.54. The van der Waals surface area contributed by atoms with Crippen molar-refractivity contribution >= 4 is 11.8 Å². The highest BCUT2D eigenvalue weighted by molar-refractivity contribution is 5.82. The Hall–Kier alpha value is -0.860. The second kappa shape index (κ2) is 6.57. The maximum atomic E-state index is 12.9. The Morgan fingerprint density at radius 2 is 1.62 bits per heavy atom. The van der Waals surface area contributed by atoms with Crippen molar-refractivity contribution in [3.05, 3.63) is 0 Å². The van der Waals surface area contributed by atoms with Crippen LogP contribution in [0.15, 0.2) is 0 Å². The number of ether oxygens (including phenoxy) is 1. The van der Waals surface area contributed by atoms with Gasteiger partial charge in [0.25, 0.3) is 0 Å². The topological polar surface area (TPSA) is 43.4 Å². The van der Waals surface area contributed by atoms with Gasteiger partial charge in [-0.1, -0.05) is 27.2 Å². The number of fused-ring (bicyclic) bond motifs is 7. The molecule has 29 heavy (non-hydrogen) atoms. The lowest BCUT2D eigenvalue weighted by molar-refractivity contribution is -0.192. The summed E-state index contributed by atoms with van der Waals surface area (Å²) in [7, 11) is 1.59. The molecule has 0 aromatic heterocycles. The minimum atomic E-state index is -0.175. The molecule has 162 valence electrons. The minimum absolute atomic E-state index is 0.0843. The second-order valence-corrected chi connectivity index (χ2v) is 12.0. The zero-order valence-electron chi connectivity index (χ0n) is 19.0. The van der Waals surface area contributed by atoms with Crippen molar-refractivity contribution in [3.63, 3.8) is 0 Å². The fourth-order valence-corrected chi connectivity index (χ4v) is 10.2. The third-order valence-corrected chi connectivity index (χ3v) is 11.5. The van der Waals surface area contributed by atoms with Crippen molar-refractivity contribution < 1.29 is 14.3 Å². The van der Waals surface area contributed by atoms with E-state index >= 15 is 0 Å². The third-order valence-electron chi connectivity index (χ3n) is 11.5. The summed E-state index contributed by atoms with van der Waals surface area (Å²) in [5.41, 5.74) is 0.545. The Balaban J connectivity index is 1.47. The number of methoxy groups -OCH3 is 1. The van der Waals surface area contributed by atoms with Crippen LogP contribution in [0.25, 0.3) is 0 Å². The lowest BCUT2D eigenvalue weighted by atomic mass is 9.38. The molecule has 5 saturated carbocycles. The van der Waals surface area contributed by atoms with Gasteiger partial charge in [-0.3, -0.25) is 9.59 Å². The number of Topliss-reactive ketones (excluding diaryl/α,β-unsaturated/α-hetero) is 1. The van der Waals surface area contributed by atoms with E-state index in [4.69, 9.17) is 4.74 Å². The largest absolute Gasteiger partial charge is 0.469 e. The van der Waals surface area contributed by atoms with Gasteiger partial charge in [0.05, 0.1) is 12.5 Å². The van der Waals surface area contributed by atoms with Crippen LogP contribution < -0.4 is 0 Å². The first kappa shape index (κ1) is 20.1. The number of hydrogen-bond acceptors (Lipinski definition) is 3. The van der Waals surface area contributed by atoms with E-state index in [9.17, 15) is 9.59 Å². The number of carbonyl (C=O) groups is 2. The molecule has 5 aliphatic carbocycles. The molecule has 0 radical (unpaired) electrons. The molecule has 5 unspecified atom stereocenters. The third kappa shape index (κ3) is 2.48. The van der Waals surface area contributed by atoms with Gasteiger partial charge in [-0.05, 0) is 98.2 Å². The lowest BCUT2D eigenvalue weighted by Gasteiger charge is -2.67. The molecule has 3 heteroatoms. The van der Waals surface area contributed by atoms with Gasteiger partial charge in [0.1, 0.15) is 5.78 Å². The fourth-order valence-electron chi connectivity index (χ4n) is 10.2. The summed E-state index contributed by atoms with van der Waals surface area (Å²) in [6.45, 7) is 7.36. The van der Waals surface area contributed by atoms with Gasteiger partial charge in [0, 0.05) is 12.3 Å². The van der Waals surface area contributed by atoms with E-state index < -0.39 is 0 Å². The highest BCUT2D eigenvalue weighted by Gasteiger charge is 2.66. The van der Waals surface area contributed by atoms with Crippen molar-refractivity contribution in [1.29, 1.82) is 0 Å². The molecule has 0 spiro atoms. The average molecular weight is 401 g/mol. The van der Waals surface area contributed by atoms with E-state index in [1.54, 1.807) is 7.11 Å². The number of esters is 1. The summed E-state index contributed by atoms with van der Waals surface area (Å²) in [5, 5.41) is 0. The van der Waals surface area contributed by atoms with Crippen molar-refractivity contribution in [2.45, 2.75) is 91.4 Å². The highest BCUT2D eigenvalue weighted by atomic mass is 16.5. The molecule has 5 rings (SSSR count). The van der Waals surface area contributed by atoms with Crippen LogP contribution in [0.5, 0.6) is 0 Å². The molecule has 0 aromatic carbocycles. The molecule has 5 aliphatic rings. The lowest BCUT2D eigenvalue weighted by Crippen LogP contribution is -2.61. The van der Waals surface area contributed by atoms with Crippen molar-refractivity contribution in [1.82, 2.24) is 0 Å². The van der Waals surface area contributed by atoms with E-state index in [1.807, 2.05) is 0 Å². The fraction of sp³-hybridized carbons (Fsp3) is 0.923. The molecule has 5 fully saturated rings. The Morgan fingerprint density at radius 1 is 0.897 bits per heavy atom. The van der Waals surface area contributed by atoms with E-state index in [-0.39, 0.29) is 17.3 Å². The first-order chi connectivity index (χ1) is 13.8. The van der Waals surface area contributed by atoms with Crippen LogP contribution in [0.1, 0.15) is 91.4 Å². The standard InChI is InChI=1S/C26H40O3/c1-16-18-9-13-25(3)19-10-15-26(23(28)29-4)12-5-6-20(26)17(19)7-8-22(25)24(18,2)14-11-21(16)27/h16-20,22H,5-15H2,1-4H3/t16-,17?,18?,19?,20?,22?,24+,25+,26+/m1/s1. The quantitative estimate of drug-likeness (QED) is 0.522. The van der Waals surface area contributed by atoms with E-state index in [0.717, 1.165) is 37.5 Å². The van der Waals surface area contributed by atoms with Gasteiger partial charge >= 0.3 is 5.97 Å². The van der Waals surface area contributed by atoms with Crippen LogP contribution in [0.4, 0.5) is 0 Å². The van der Waals surface area contributed by atoms with Gasteiger partial charge in [-0.15, -0.1) is 0 Å². The molecule has 0 aliphatic heterocycles.